The zero-order chi connectivity index (χ0) is 24.1. The summed E-state index contributed by atoms with van der Waals surface area (Å²) in [7, 11) is 0. The normalized spacial score (nSPS) is 14.9. The predicted octanol–water partition coefficient (Wildman–Crippen LogP) is 3.88. The van der Waals surface area contributed by atoms with Gasteiger partial charge in [0, 0.05) is 45.7 Å². The van der Waals surface area contributed by atoms with Crippen molar-refractivity contribution >= 4 is 11.8 Å². The van der Waals surface area contributed by atoms with Gasteiger partial charge in [-0.1, -0.05) is 42.5 Å². The first-order chi connectivity index (χ1) is 16.4. The van der Waals surface area contributed by atoms with E-state index < -0.39 is 0 Å². The molecule has 0 saturated carbocycles. The molecule has 0 spiro atoms. The van der Waals surface area contributed by atoms with Crippen LogP contribution in [-0.4, -0.2) is 57.7 Å². The van der Waals surface area contributed by atoms with Crippen LogP contribution in [-0.2, 0) is 17.9 Å². The summed E-state index contributed by atoms with van der Waals surface area (Å²) in [6.45, 7) is 6.44. The molecule has 1 atom stereocenters. The zero-order valence-corrected chi connectivity index (χ0v) is 19.5. The maximum Gasteiger partial charge on any atom is 0.275 e. The molecule has 2 amide bonds. The Morgan fingerprint density at radius 3 is 2.41 bits per heavy atom. The number of halogens is 1. The van der Waals surface area contributed by atoms with E-state index in [4.69, 9.17) is 4.42 Å². The molecule has 3 aromatic rings. The molecular formula is C26H29FN4O3. The molecule has 0 aliphatic carbocycles. The second-order valence-electron chi connectivity index (χ2n) is 8.55. The third kappa shape index (κ3) is 5.69. The largest absolute Gasteiger partial charge is 0.447 e. The van der Waals surface area contributed by atoms with Crippen LogP contribution in [0.3, 0.4) is 0 Å². The molecule has 0 radical (unpaired) electrons. The van der Waals surface area contributed by atoms with E-state index >= 15 is 0 Å². The van der Waals surface area contributed by atoms with E-state index in [1.165, 1.54) is 25.3 Å². The highest BCUT2D eigenvalue weighted by molar-refractivity contribution is 5.92. The lowest BCUT2D eigenvalue weighted by Crippen LogP contribution is -2.50. The van der Waals surface area contributed by atoms with Gasteiger partial charge in [0.15, 0.2) is 5.69 Å². The second kappa shape index (κ2) is 10.6. The number of benzene rings is 2. The average molecular weight is 465 g/mol. The lowest BCUT2D eigenvalue weighted by atomic mass is 10.1. The summed E-state index contributed by atoms with van der Waals surface area (Å²) >= 11 is 0. The number of oxazole rings is 1. The third-order valence-corrected chi connectivity index (χ3v) is 6.23. The van der Waals surface area contributed by atoms with Crippen molar-refractivity contribution in [2.45, 2.75) is 33.0 Å². The van der Waals surface area contributed by atoms with Gasteiger partial charge in [-0.15, -0.1) is 0 Å². The molecule has 0 bridgehead atoms. The standard InChI is InChI=1S/C26H29FN4O3/c1-19(22-8-4-3-5-9-22)31(16-21-7-6-10-23(27)15-21)17-25-28-24(18-34-25)26(33)30-13-11-29(12-14-30)20(2)32/h3-10,15,18-19H,11-14,16-17H2,1-2H3/t19-/m0/s1. The Morgan fingerprint density at radius 1 is 1.03 bits per heavy atom. The first kappa shape index (κ1) is 23.6. The minimum atomic E-state index is -0.279. The van der Waals surface area contributed by atoms with E-state index in [0.29, 0.717) is 45.2 Å². The van der Waals surface area contributed by atoms with Gasteiger partial charge >= 0.3 is 0 Å². The molecule has 4 rings (SSSR count). The highest BCUT2D eigenvalue weighted by Gasteiger charge is 2.26. The van der Waals surface area contributed by atoms with Gasteiger partial charge in [0.05, 0.1) is 6.54 Å². The number of carbonyl (C=O) groups is 2. The van der Waals surface area contributed by atoms with E-state index in [-0.39, 0.29) is 29.4 Å². The number of nitrogens with zero attached hydrogens (tertiary/aromatic N) is 4. The Kier molecular flexibility index (Phi) is 7.37. The lowest BCUT2D eigenvalue weighted by molar-refractivity contribution is -0.130. The first-order valence-corrected chi connectivity index (χ1v) is 11.4. The van der Waals surface area contributed by atoms with Gasteiger partial charge in [-0.2, -0.15) is 0 Å². The Labute approximate surface area is 198 Å². The summed E-state index contributed by atoms with van der Waals surface area (Å²) in [5.41, 5.74) is 2.21. The first-order valence-electron chi connectivity index (χ1n) is 11.4. The maximum absolute atomic E-state index is 13.8. The third-order valence-electron chi connectivity index (χ3n) is 6.23. The smallest absolute Gasteiger partial charge is 0.275 e. The van der Waals surface area contributed by atoms with Gasteiger partial charge < -0.3 is 14.2 Å². The second-order valence-corrected chi connectivity index (χ2v) is 8.55. The topological polar surface area (TPSA) is 69.9 Å². The maximum atomic E-state index is 13.8. The van der Waals surface area contributed by atoms with Gasteiger partial charge in [0.1, 0.15) is 12.1 Å². The van der Waals surface area contributed by atoms with Gasteiger partial charge in [-0.25, -0.2) is 9.37 Å². The fraction of sp³-hybridized carbons (Fsp3) is 0.346. The van der Waals surface area contributed by atoms with Crippen LogP contribution in [0.2, 0.25) is 0 Å². The molecule has 8 heteroatoms. The molecule has 0 unspecified atom stereocenters. The molecule has 1 fully saturated rings. The Morgan fingerprint density at radius 2 is 1.74 bits per heavy atom. The van der Waals surface area contributed by atoms with Crippen molar-refractivity contribution < 1.29 is 18.4 Å². The summed E-state index contributed by atoms with van der Waals surface area (Å²) in [5.74, 6) is -0.0451. The van der Waals surface area contributed by atoms with Crippen molar-refractivity contribution in [2.75, 3.05) is 26.2 Å². The van der Waals surface area contributed by atoms with Gasteiger partial charge in [-0.3, -0.25) is 14.5 Å². The Bertz CT molecular complexity index is 1130. The van der Waals surface area contributed by atoms with Crippen molar-refractivity contribution in [3.05, 3.63) is 89.4 Å². The molecule has 2 heterocycles. The summed E-state index contributed by atoms with van der Waals surface area (Å²) in [6.07, 6.45) is 1.39. The molecule has 34 heavy (non-hydrogen) atoms. The molecule has 7 nitrogen and oxygen atoms in total. The molecule has 1 aromatic heterocycles. The van der Waals surface area contributed by atoms with Crippen LogP contribution in [0.15, 0.2) is 65.3 Å². The number of rotatable bonds is 7. The molecule has 1 saturated heterocycles. The minimum absolute atomic E-state index is 0.00942. The number of amides is 2. The summed E-state index contributed by atoms with van der Waals surface area (Å²) in [5, 5.41) is 0. The number of hydrogen-bond donors (Lipinski definition) is 0. The van der Waals surface area contributed by atoms with Gasteiger partial charge in [0.2, 0.25) is 11.8 Å². The van der Waals surface area contributed by atoms with Crippen LogP contribution in [0, 0.1) is 5.82 Å². The summed E-state index contributed by atoms with van der Waals surface area (Å²) in [6, 6.07) is 16.6. The van der Waals surface area contributed by atoms with Crippen LogP contribution >= 0.6 is 0 Å². The monoisotopic (exact) mass is 464 g/mol. The van der Waals surface area contributed by atoms with Crippen LogP contribution < -0.4 is 0 Å². The number of carbonyl (C=O) groups excluding carboxylic acids is 2. The van der Waals surface area contributed by atoms with Crippen molar-refractivity contribution in [3.8, 4) is 0 Å². The molecule has 0 N–H and O–H groups in total. The average Bonchev–Trinajstić information content (AvgIpc) is 3.32. The van der Waals surface area contributed by atoms with Crippen molar-refractivity contribution in [1.82, 2.24) is 19.7 Å². The molecule has 2 aromatic carbocycles. The van der Waals surface area contributed by atoms with E-state index in [2.05, 4.69) is 28.9 Å². The van der Waals surface area contributed by atoms with E-state index in [9.17, 15) is 14.0 Å². The van der Waals surface area contributed by atoms with E-state index in [1.54, 1.807) is 15.9 Å². The minimum Gasteiger partial charge on any atom is -0.447 e. The quantitative estimate of drug-likeness (QED) is 0.531. The van der Waals surface area contributed by atoms with Crippen LogP contribution in [0.25, 0.3) is 0 Å². The SMILES string of the molecule is CC(=O)N1CCN(C(=O)c2coc(CN(Cc3cccc(F)c3)[C@@H](C)c3ccccc3)n2)CC1. The van der Waals surface area contributed by atoms with Crippen LogP contribution in [0.1, 0.15) is 47.4 Å². The summed E-state index contributed by atoms with van der Waals surface area (Å²) < 4.78 is 19.5. The molecule has 1 aliphatic heterocycles. The zero-order valence-electron chi connectivity index (χ0n) is 19.5. The lowest BCUT2D eigenvalue weighted by Gasteiger charge is -2.33. The predicted molar refractivity (Wildman–Crippen MR) is 125 cm³/mol. The number of aromatic nitrogens is 1. The van der Waals surface area contributed by atoms with E-state index in [1.807, 2.05) is 24.3 Å². The van der Waals surface area contributed by atoms with Gasteiger partial charge in [0.25, 0.3) is 5.91 Å². The highest BCUT2D eigenvalue weighted by Crippen LogP contribution is 2.25. The molecule has 1 aliphatic rings. The highest BCUT2D eigenvalue weighted by atomic mass is 19.1. The number of piperazine rings is 1. The van der Waals surface area contributed by atoms with Crippen molar-refractivity contribution in [2.24, 2.45) is 0 Å². The van der Waals surface area contributed by atoms with Crippen LogP contribution in [0.5, 0.6) is 0 Å². The number of hydrogen-bond acceptors (Lipinski definition) is 5. The molecule has 178 valence electrons. The Hall–Kier alpha value is -3.52. The van der Waals surface area contributed by atoms with Gasteiger partial charge in [-0.05, 0) is 30.2 Å². The van der Waals surface area contributed by atoms with E-state index in [0.717, 1.165) is 11.1 Å². The molecular weight excluding hydrogens is 435 g/mol. The fourth-order valence-electron chi connectivity index (χ4n) is 4.18. The van der Waals surface area contributed by atoms with Crippen molar-refractivity contribution in [3.63, 3.8) is 0 Å². The van der Waals surface area contributed by atoms with Crippen molar-refractivity contribution in [1.29, 1.82) is 0 Å². The van der Waals surface area contributed by atoms with Crippen LogP contribution in [0.4, 0.5) is 4.39 Å². The Balaban J connectivity index is 1.48. The summed E-state index contributed by atoms with van der Waals surface area (Å²) in [4.78, 5) is 34.4. The fourth-order valence-corrected chi connectivity index (χ4v) is 4.18.